The van der Waals surface area contributed by atoms with Gasteiger partial charge in [-0.15, -0.1) is 0 Å². The molecule has 3 heterocycles. The number of nitrogens with zero attached hydrogens (tertiary/aromatic N) is 2. The minimum atomic E-state index is -0.467. The molecular weight excluding hydrogens is 336 g/mol. The van der Waals surface area contributed by atoms with Crippen molar-refractivity contribution in [1.29, 1.82) is 0 Å². The highest BCUT2D eigenvalue weighted by molar-refractivity contribution is 5.79. The standard InChI is InChI=1S/C18H16N4O4/c23-15-8-12(18(25)20-19-15)9-16(24)22-7-6-14-13(10-22)17(21-26-14)11-4-2-1-3-5-11/h1-5,8H,6-7,9-10H2,(H,19,23)(H,20,25). The molecule has 0 fully saturated rings. The first kappa shape index (κ1) is 16.1. The van der Waals surface area contributed by atoms with Gasteiger partial charge in [0.1, 0.15) is 11.5 Å². The highest BCUT2D eigenvalue weighted by atomic mass is 16.5. The summed E-state index contributed by atoms with van der Waals surface area (Å²) in [6.45, 7) is 0.847. The van der Waals surface area contributed by atoms with E-state index >= 15 is 0 Å². The zero-order chi connectivity index (χ0) is 18.1. The minimum Gasteiger partial charge on any atom is -0.360 e. The second kappa shape index (κ2) is 6.47. The maximum absolute atomic E-state index is 12.6. The van der Waals surface area contributed by atoms with Crippen LogP contribution >= 0.6 is 0 Å². The summed E-state index contributed by atoms with van der Waals surface area (Å²) in [5.41, 5.74) is 1.78. The molecule has 8 nitrogen and oxygen atoms in total. The zero-order valence-electron chi connectivity index (χ0n) is 13.8. The Kier molecular flexibility index (Phi) is 4.00. The SMILES string of the molecule is O=C(Cc1cc(=O)[nH][nH]c1=O)N1CCc2onc(-c3ccccc3)c2C1. The van der Waals surface area contributed by atoms with Gasteiger partial charge >= 0.3 is 0 Å². The Morgan fingerprint density at radius 1 is 1.19 bits per heavy atom. The summed E-state index contributed by atoms with van der Waals surface area (Å²) in [4.78, 5) is 37.4. The van der Waals surface area contributed by atoms with Crippen molar-refractivity contribution in [2.75, 3.05) is 6.54 Å². The third kappa shape index (κ3) is 2.97. The third-order valence-electron chi connectivity index (χ3n) is 4.47. The van der Waals surface area contributed by atoms with Crippen molar-refractivity contribution < 1.29 is 9.32 Å². The fourth-order valence-corrected chi connectivity index (χ4v) is 3.11. The van der Waals surface area contributed by atoms with Crippen LogP contribution in [0.4, 0.5) is 0 Å². The number of benzene rings is 1. The Balaban J connectivity index is 1.57. The Labute approximate surface area is 147 Å². The fraction of sp³-hybridized carbons (Fsp3) is 0.222. The summed E-state index contributed by atoms with van der Waals surface area (Å²) in [6.07, 6.45) is 0.438. The predicted molar refractivity (Wildman–Crippen MR) is 92.4 cm³/mol. The van der Waals surface area contributed by atoms with Crippen LogP contribution < -0.4 is 11.1 Å². The molecule has 1 aliphatic heterocycles. The van der Waals surface area contributed by atoms with Gasteiger partial charge in [0.2, 0.25) is 5.91 Å². The molecule has 26 heavy (non-hydrogen) atoms. The van der Waals surface area contributed by atoms with Crippen LogP contribution in [-0.4, -0.2) is 32.7 Å². The molecule has 1 aliphatic rings. The van der Waals surface area contributed by atoms with E-state index in [9.17, 15) is 14.4 Å². The maximum atomic E-state index is 12.6. The quantitative estimate of drug-likeness (QED) is 0.726. The number of fused-ring (bicyclic) bond motifs is 1. The van der Waals surface area contributed by atoms with Gasteiger partial charge < -0.3 is 9.42 Å². The first-order chi connectivity index (χ1) is 12.6. The first-order valence-corrected chi connectivity index (χ1v) is 8.23. The number of carbonyl (C=O) groups excluding carboxylic acids is 1. The van der Waals surface area contributed by atoms with Crippen molar-refractivity contribution in [2.45, 2.75) is 19.4 Å². The first-order valence-electron chi connectivity index (χ1n) is 8.23. The molecule has 1 aromatic carbocycles. The van der Waals surface area contributed by atoms with Crippen molar-refractivity contribution in [3.63, 3.8) is 0 Å². The summed E-state index contributed by atoms with van der Waals surface area (Å²) in [7, 11) is 0. The lowest BCUT2D eigenvalue weighted by Crippen LogP contribution is -2.38. The Bertz CT molecular complexity index is 1060. The highest BCUT2D eigenvalue weighted by Gasteiger charge is 2.27. The lowest BCUT2D eigenvalue weighted by atomic mass is 10.0. The van der Waals surface area contributed by atoms with Gasteiger partial charge in [-0.25, -0.2) is 0 Å². The molecule has 0 radical (unpaired) electrons. The van der Waals surface area contributed by atoms with Gasteiger partial charge in [0.15, 0.2) is 0 Å². The third-order valence-corrected chi connectivity index (χ3v) is 4.47. The molecule has 0 spiro atoms. The van der Waals surface area contributed by atoms with E-state index in [1.807, 2.05) is 30.3 Å². The number of hydrogen-bond donors (Lipinski definition) is 2. The van der Waals surface area contributed by atoms with Gasteiger partial charge in [-0.1, -0.05) is 35.5 Å². The molecule has 3 aromatic rings. The van der Waals surface area contributed by atoms with Crippen LogP contribution in [0.2, 0.25) is 0 Å². The lowest BCUT2D eigenvalue weighted by Gasteiger charge is -2.26. The van der Waals surface area contributed by atoms with Crippen molar-refractivity contribution >= 4 is 5.91 Å². The average Bonchev–Trinajstić information content (AvgIpc) is 3.08. The number of carbonyl (C=O) groups is 1. The summed E-state index contributed by atoms with van der Waals surface area (Å²) in [6, 6.07) is 10.8. The van der Waals surface area contributed by atoms with Gasteiger partial charge in [0.25, 0.3) is 11.1 Å². The largest absolute Gasteiger partial charge is 0.360 e. The van der Waals surface area contributed by atoms with Gasteiger partial charge in [-0.3, -0.25) is 24.6 Å². The van der Waals surface area contributed by atoms with E-state index in [0.717, 1.165) is 28.6 Å². The molecule has 0 aliphatic carbocycles. The number of H-pyrrole nitrogens is 2. The molecule has 0 atom stereocenters. The Hall–Kier alpha value is -3.42. The number of nitrogens with one attached hydrogen (secondary N) is 2. The van der Waals surface area contributed by atoms with Crippen LogP contribution in [0.1, 0.15) is 16.9 Å². The number of rotatable bonds is 3. The molecule has 2 N–H and O–H groups in total. The van der Waals surface area contributed by atoms with Crippen molar-refractivity contribution in [3.8, 4) is 11.3 Å². The van der Waals surface area contributed by atoms with Crippen LogP contribution in [0.5, 0.6) is 0 Å². The van der Waals surface area contributed by atoms with E-state index in [4.69, 9.17) is 4.52 Å². The monoisotopic (exact) mass is 352 g/mol. The topological polar surface area (TPSA) is 112 Å². The summed E-state index contributed by atoms with van der Waals surface area (Å²) in [5, 5.41) is 8.58. The summed E-state index contributed by atoms with van der Waals surface area (Å²) >= 11 is 0. The second-order valence-corrected chi connectivity index (χ2v) is 6.15. The van der Waals surface area contributed by atoms with Gasteiger partial charge in [0.05, 0.1) is 13.0 Å². The minimum absolute atomic E-state index is 0.124. The van der Waals surface area contributed by atoms with E-state index in [2.05, 4.69) is 15.4 Å². The van der Waals surface area contributed by atoms with Crippen molar-refractivity contribution in [1.82, 2.24) is 20.3 Å². The molecule has 0 unspecified atom stereocenters. The molecular formula is C18H16N4O4. The van der Waals surface area contributed by atoms with Crippen LogP contribution in [0, 0.1) is 0 Å². The number of amides is 1. The Morgan fingerprint density at radius 3 is 2.81 bits per heavy atom. The number of hydrogen-bond acceptors (Lipinski definition) is 5. The smallest absolute Gasteiger partial charge is 0.266 e. The van der Waals surface area contributed by atoms with Gasteiger partial charge in [-0.05, 0) is 0 Å². The number of aromatic amines is 2. The van der Waals surface area contributed by atoms with E-state index in [1.54, 1.807) is 4.90 Å². The maximum Gasteiger partial charge on any atom is 0.266 e. The molecule has 1 amide bonds. The predicted octanol–water partition coefficient (Wildman–Crippen LogP) is 0.846. The highest BCUT2D eigenvalue weighted by Crippen LogP contribution is 2.29. The van der Waals surface area contributed by atoms with Crippen LogP contribution in [0.25, 0.3) is 11.3 Å². The molecule has 8 heteroatoms. The fourth-order valence-electron chi connectivity index (χ4n) is 3.11. The Morgan fingerprint density at radius 2 is 2.00 bits per heavy atom. The molecule has 0 saturated heterocycles. The van der Waals surface area contributed by atoms with E-state index in [0.29, 0.717) is 19.5 Å². The summed E-state index contributed by atoms with van der Waals surface area (Å²) in [5.74, 6) is 0.564. The van der Waals surface area contributed by atoms with Crippen LogP contribution in [0.15, 0.2) is 50.5 Å². The molecule has 4 rings (SSSR count). The summed E-state index contributed by atoms with van der Waals surface area (Å²) < 4.78 is 5.43. The number of aromatic nitrogens is 3. The molecule has 132 valence electrons. The lowest BCUT2D eigenvalue weighted by molar-refractivity contribution is -0.131. The molecule has 0 saturated carbocycles. The van der Waals surface area contributed by atoms with E-state index in [-0.39, 0.29) is 17.9 Å². The van der Waals surface area contributed by atoms with Gasteiger partial charge in [0, 0.05) is 35.7 Å². The van der Waals surface area contributed by atoms with Crippen LogP contribution in [-0.2, 0) is 24.2 Å². The molecule has 2 aromatic heterocycles. The average molecular weight is 352 g/mol. The van der Waals surface area contributed by atoms with E-state index < -0.39 is 11.1 Å². The normalized spacial score (nSPS) is 13.5. The van der Waals surface area contributed by atoms with Crippen molar-refractivity contribution in [2.24, 2.45) is 0 Å². The zero-order valence-corrected chi connectivity index (χ0v) is 13.8. The molecule has 0 bridgehead atoms. The van der Waals surface area contributed by atoms with E-state index in [1.165, 1.54) is 0 Å². The van der Waals surface area contributed by atoms with Crippen LogP contribution in [0.3, 0.4) is 0 Å². The van der Waals surface area contributed by atoms with Crippen molar-refractivity contribution in [3.05, 3.63) is 74.0 Å². The second-order valence-electron chi connectivity index (χ2n) is 6.15. The van der Waals surface area contributed by atoms with Gasteiger partial charge in [-0.2, -0.15) is 0 Å².